The summed E-state index contributed by atoms with van der Waals surface area (Å²) in [6.45, 7) is 0. The van der Waals surface area contributed by atoms with Crippen LogP contribution in [0.25, 0.3) is 11.8 Å². The smallest absolute Gasteiger partial charge is 0.262 e. The maximum absolute atomic E-state index is 12.9. The van der Waals surface area contributed by atoms with Crippen molar-refractivity contribution in [1.29, 1.82) is 0 Å². The van der Waals surface area contributed by atoms with Crippen LogP contribution in [0.1, 0.15) is 37.1 Å². The lowest BCUT2D eigenvalue weighted by molar-refractivity contribution is -0.118. The Kier molecular flexibility index (Phi) is 7.43. The second kappa shape index (κ2) is 11.2. The highest BCUT2D eigenvalue weighted by atomic mass is 32.2. The molecule has 2 aliphatic heterocycles. The number of allylic oxidation sites excluding steroid dienone is 1. The quantitative estimate of drug-likeness (QED) is 0.306. The van der Waals surface area contributed by atoms with Gasteiger partial charge in [-0.05, 0) is 53.9 Å². The summed E-state index contributed by atoms with van der Waals surface area (Å²) < 4.78 is 2.08. The van der Waals surface area contributed by atoms with Crippen molar-refractivity contribution in [2.24, 2.45) is 15.9 Å². The number of amides is 1. The number of hydrogen-bond acceptors (Lipinski definition) is 7. The highest BCUT2D eigenvalue weighted by Gasteiger charge is 2.40. The molecule has 6 nitrogen and oxygen atoms in total. The van der Waals surface area contributed by atoms with Gasteiger partial charge in [0.2, 0.25) is 0 Å². The number of carbonyl (C=O) groups excluding carboxylic acids is 1. The first kappa shape index (κ1) is 24.5. The van der Waals surface area contributed by atoms with Gasteiger partial charge in [0.1, 0.15) is 11.7 Å². The van der Waals surface area contributed by atoms with Gasteiger partial charge in [0.25, 0.3) is 5.91 Å². The largest absolute Gasteiger partial charge is 0.273 e. The van der Waals surface area contributed by atoms with Crippen LogP contribution in [-0.4, -0.2) is 36.6 Å². The number of fused-ring (bicyclic) bond motifs is 2. The fraction of sp³-hybridized carbons (Fsp3) is 0.250. The molecular formula is C28H25N5OS3. The fourth-order valence-electron chi connectivity index (χ4n) is 4.67. The molecule has 0 N–H and O–H groups in total. The molecule has 1 amide bonds. The van der Waals surface area contributed by atoms with E-state index in [1.54, 1.807) is 23.5 Å². The fourth-order valence-corrected chi connectivity index (χ4v) is 7.61. The van der Waals surface area contributed by atoms with Crippen LogP contribution in [0.3, 0.4) is 0 Å². The molecule has 37 heavy (non-hydrogen) atoms. The van der Waals surface area contributed by atoms with Crippen molar-refractivity contribution < 1.29 is 4.79 Å². The minimum atomic E-state index is -0.232. The van der Waals surface area contributed by atoms with Gasteiger partial charge in [-0.25, -0.2) is 4.99 Å². The summed E-state index contributed by atoms with van der Waals surface area (Å²) in [4.78, 5) is 23.4. The average molecular weight is 544 g/mol. The van der Waals surface area contributed by atoms with Gasteiger partial charge in [-0.1, -0.05) is 96.0 Å². The highest BCUT2D eigenvalue weighted by Crippen LogP contribution is 2.47. The molecule has 186 valence electrons. The summed E-state index contributed by atoms with van der Waals surface area (Å²) in [6.07, 6.45) is 8.66. The van der Waals surface area contributed by atoms with Crippen molar-refractivity contribution in [2.45, 2.75) is 36.6 Å². The average Bonchev–Trinajstić information content (AvgIpc) is 3.52. The van der Waals surface area contributed by atoms with Gasteiger partial charge in [-0.2, -0.15) is 4.99 Å². The Morgan fingerprint density at radius 2 is 1.73 bits per heavy atom. The summed E-state index contributed by atoms with van der Waals surface area (Å²) >= 11 is 4.78. The molecule has 3 aliphatic rings. The van der Waals surface area contributed by atoms with E-state index in [1.165, 1.54) is 34.2 Å². The lowest BCUT2D eigenvalue weighted by Crippen LogP contribution is -2.25. The molecule has 6 rings (SSSR count). The minimum absolute atomic E-state index is 0.0714. The van der Waals surface area contributed by atoms with Crippen LogP contribution in [-0.2, 0) is 10.5 Å². The Hall–Kier alpha value is -2.88. The van der Waals surface area contributed by atoms with E-state index in [-0.39, 0.29) is 11.8 Å². The first-order valence-corrected chi connectivity index (χ1v) is 15.1. The summed E-state index contributed by atoms with van der Waals surface area (Å²) in [5, 5.41) is 11.2. The van der Waals surface area contributed by atoms with Crippen molar-refractivity contribution in [3.05, 3.63) is 88.6 Å². The Morgan fingerprint density at radius 1 is 0.946 bits per heavy atom. The maximum atomic E-state index is 12.9. The number of nitrogens with zero attached hydrogens (tertiary/aromatic N) is 5. The van der Waals surface area contributed by atoms with Crippen LogP contribution >= 0.6 is 35.3 Å². The van der Waals surface area contributed by atoms with Gasteiger partial charge in [-0.3, -0.25) is 9.36 Å². The van der Waals surface area contributed by atoms with Crippen molar-refractivity contribution in [1.82, 2.24) is 14.8 Å². The number of thioether (sulfide) groups is 3. The number of aliphatic imine (C=N–C) groups is 2. The summed E-state index contributed by atoms with van der Waals surface area (Å²) in [6, 6.07) is 20.4. The molecule has 0 saturated carbocycles. The second-order valence-corrected chi connectivity index (χ2v) is 11.9. The number of benzene rings is 2. The van der Waals surface area contributed by atoms with E-state index in [4.69, 9.17) is 4.99 Å². The van der Waals surface area contributed by atoms with Gasteiger partial charge in [0, 0.05) is 11.4 Å². The Bertz CT molecular complexity index is 1430. The predicted octanol–water partition coefficient (Wildman–Crippen LogP) is 6.79. The van der Waals surface area contributed by atoms with Gasteiger partial charge in [0.05, 0.1) is 10.8 Å². The molecule has 1 aromatic heterocycles. The molecule has 3 heterocycles. The Balaban J connectivity index is 1.17. The maximum Gasteiger partial charge on any atom is 0.262 e. The lowest BCUT2D eigenvalue weighted by Gasteiger charge is -2.18. The molecule has 0 saturated heterocycles. The number of aromatic nitrogens is 3. The Morgan fingerprint density at radius 3 is 2.57 bits per heavy atom. The highest BCUT2D eigenvalue weighted by molar-refractivity contribution is 8.18. The van der Waals surface area contributed by atoms with Gasteiger partial charge >= 0.3 is 0 Å². The SMILES string of the molecule is O=C1N=C(SCc2nnc(SC/C=C/c3ccccc3)n2-c2ccccc2)N=C2SC3=C(CCCC3)C12. The third kappa shape index (κ3) is 5.39. The summed E-state index contributed by atoms with van der Waals surface area (Å²) in [7, 11) is 0. The molecule has 3 aromatic rings. The second-order valence-electron chi connectivity index (χ2n) is 8.86. The molecule has 0 radical (unpaired) electrons. The van der Waals surface area contributed by atoms with E-state index in [0.29, 0.717) is 10.9 Å². The van der Waals surface area contributed by atoms with Crippen molar-refractivity contribution in [2.75, 3.05) is 5.75 Å². The molecule has 0 spiro atoms. The topological polar surface area (TPSA) is 72.5 Å². The van der Waals surface area contributed by atoms with E-state index >= 15 is 0 Å². The molecule has 0 bridgehead atoms. The summed E-state index contributed by atoms with van der Waals surface area (Å²) in [5.41, 5.74) is 3.45. The molecule has 1 aliphatic carbocycles. The van der Waals surface area contributed by atoms with Crippen molar-refractivity contribution in [3.63, 3.8) is 0 Å². The van der Waals surface area contributed by atoms with E-state index in [0.717, 1.165) is 46.7 Å². The molecule has 1 unspecified atom stereocenters. The van der Waals surface area contributed by atoms with Crippen molar-refractivity contribution in [3.8, 4) is 5.69 Å². The van der Waals surface area contributed by atoms with Crippen LogP contribution < -0.4 is 0 Å². The van der Waals surface area contributed by atoms with E-state index in [1.807, 2.05) is 36.4 Å². The number of para-hydroxylation sites is 1. The standard InChI is InChI=1S/C28H25N5OS3/c34-25-24-21-15-7-8-16-22(21)37-26(24)30-27(29-25)36-18-23-31-32-28(33(23)20-13-5-2-6-14-20)35-17-9-12-19-10-3-1-4-11-19/h1-6,9-14,24H,7-8,15-18H2/b12-9+. The summed E-state index contributed by atoms with van der Waals surface area (Å²) in [5.74, 6) is 1.80. The molecule has 1 atom stereocenters. The van der Waals surface area contributed by atoms with E-state index in [2.05, 4.69) is 56.2 Å². The van der Waals surface area contributed by atoms with Crippen LogP contribution in [0, 0.1) is 5.92 Å². The molecule has 9 heteroatoms. The third-order valence-corrected chi connectivity index (χ3v) is 9.38. The number of hydrogen-bond donors (Lipinski definition) is 0. The molecule has 2 aromatic carbocycles. The normalized spacial score (nSPS) is 19.1. The zero-order chi connectivity index (χ0) is 25.0. The number of carbonyl (C=O) groups is 1. The van der Waals surface area contributed by atoms with Crippen molar-refractivity contribution >= 4 is 57.5 Å². The predicted molar refractivity (Wildman–Crippen MR) is 155 cm³/mol. The first-order chi connectivity index (χ1) is 18.3. The van der Waals surface area contributed by atoms with E-state index < -0.39 is 0 Å². The lowest BCUT2D eigenvalue weighted by atomic mass is 9.89. The van der Waals surface area contributed by atoms with Gasteiger partial charge in [0.15, 0.2) is 10.3 Å². The first-order valence-electron chi connectivity index (χ1n) is 12.3. The van der Waals surface area contributed by atoms with Gasteiger partial charge in [-0.15, -0.1) is 10.2 Å². The number of rotatable bonds is 7. The zero-order valence-electron chi connectivity index (χ0n) is 20.1. The van der Waals surface area contributed by atoms with Crippen LogP contribution in [0.2, 0.25) is 0 Å². The van der Waals surface area contributed by atoms with Crippen LogP contribution in [0.4, 0.5) is 0 Å². The van der Waals surface area contributed by atoms with Gasteiger partial charge < -0.3 is 0 Å². The molecular weight excluding hydrogens is 519 g/mol. The zero-order valence-corrected chi connectivity index (χ0v) is 22.6. The Labute approximate surface area is 228 Å². The molecule has 0 fully saturated rings. The van der Waals surface area contributed by atoms with Crippen LogP contribution in [0.5, 0.6) is 0 Å². The third-order valence-electron chi connectivity index (χ3n) is 6.40. The number of amidine groups is 1. The minimum Gasteiger partial charge on any atom is -0.273 e. The monoisotopic (exact) mass is 543 g/mol. The van der Waals surface area contributed by atoms with E-state index in [9.17, 15) is 4.79 Å². The van der Waals surface area contributed by atoms with Crippen LogP contribution in [0.15, 0.2) is 92.4 Å².